The number of allylic oxidation sites excluding steroid dienone is 10. The Hall–Kier alpha value is -2.51. The second kappa shape index (κ2) is 64.3. The smallest absolute Gasteiger partial charge is 0.220 e. The lowest BCUT2D eigenvalue weighted by atomic mass is 9.96. The number of ether oxygens (including phenoxy) is 6. The maximum Gasteiger partial charge on any atom is 0.220 e. The number of nitrogens with one attached hydrogen (secondary N) is 1. The minimum absolute atomic E-state index is 0.237. The first-order chi connectivity index (χ1) is 50.3. The lowest BCUT2D eigenvalue weighted by Gasteiger charge is -2.48. The summed E-state index contributed by atoms with van der Waals surface area (Å²) in [4.78, 5) is 13.5. The van der Waals surface area contributed by atoms with Gasteiger partial charge in [-0.05, 0) is 57.8 Å². The molecule has 3 fully saturated rings. The minimum atomic E-state index is -1.97. The van der Waals surface area contributed by atoms with Crippen molar-refractivity contribution in [2.24, 2.45) is 0 Å². The van der Waals surface area contributed by atoms with Crippen molar-refractivity contribution in [3.63, 3.8) is 0 Å². The zero-order valence-corrected chi connectivity index (χ0v) is 64.5. The van der Waals surface area contributed by atoms with Gasteiger partial charge in [0.25, 0.3) is 0 Å². The molecule has 602 valence electrons. The lowest BCUT2D eigenvalue weighted by Crippen LogP contribution is -2.66. The molecule has 0 radical (unpaired) electrons. The number of carbonyl (C=O) groups excluding carboxylic acids is 1. The van der Waals surface area contributed by atoms with E-state index in [0.29, 0.717) is 12.8 Å². The van der Waals surface area contributed by atoms with E-state index >= 15 is 0 Å². The highest BCUT2D eigenvalue weighted by Gasteiger charge is 2.54. The van der Waals surface area contributed by atoms with E-state index in [1.54, 1.807) is 0 Å². The molecule has 0 aromatic carbocycles. The van der Waals surface area contributed by atoms with E-state index in [2.05, 4.69) is 79.9 Å². The monoisotopic (exact) mass is 1460 g/mol. The van der Waals surface area contributed by atoms with Crippen LogP contribution in [0.2, 0.25) is 0 Å². The zero-order chi connectivity index (χ0) is 74.6. The molecule has 12 N–H and O–H groups in total. The van der Waals surface area contributed by atoms with Crippen molar-refractivity contribution in [1.29, 1.82) is 0 Å². The molecular formula is C84H153NO18. The largest absolute Gasteiger partial charge is 0.394 e. The van der Waals surface area contributed by atoms with Crippen LogP contribution < -0.4 is 5.32 Å². The maximum atomic E-state index is 13.5. The van der Waals surface area contributed by atoms with Gasteiger partial charge in [0.15, 0.2) is 18.9 Å². The Morgan fingerprint density at radius 3 is 1.05 bits per heavy atom. The van der Waals surface area contributed by atoms with Gasteiger partial charge in [0.2, 0.25) is 5.91 Å². The number of unbranched alkanes of at least 4 members (excludes halogenated alkanes) is 41. The van der Waals surface area contributed by atoms with E-state index in [9.17, 15) is 61.0 Å². The zero-order valence-electron chi connectivity index (χ0n) is 64.5. The van der Waals surface area contributed by atoms with Crippen LogP contribution in [0.5, 0.6) is 0 Å². The Labute approximate surface area is 624 Å². The highest BCUT2D eigenvalue weighted by Crippen LogP contribution is 2.33. The van der Waals surface area contributed by atoms with Crippen molar-refractivity contribution in [3.05, 3.63) is 60.8 Å². The summed E-state index contributed by atoms with van der Waals surface area (Å²) in [5.41, 5.74) is 0. The average Bonchev–Trinajstić information content (AvgIpc) is 0.782. The second-order valence-corrected chi connectivity index (χ2v) is 29.9. The van der Waals surface area contributed by atoms with Crippen molar-refractivity contribution < 1.29 is 89.4 Å². The number of carbonyl (C=O) groups is 1. The Bertz CT molecular complexity index is 2090. The Morgan fingerprint density at radius 2 is 0.670 bits per heavy atom. The minimum Gasteiger partial charge on any atom is -0.394 e. The molecule has 0 spiro atoms. The van der Waals surface area contributed by atoms with Crippen molar-refractivity contribution in [3.8, 4) is 0 Å². The maximum absolute atomic E-state index is 13.5. The van der Waals surface area contributed by atoms with Gasteiger partial charge in [-0.25, -0.2) is 0 Å². The van der Waals surface area contributed by atoms with Gasteiger partial charge in [0, 0.05) is 6.42 Å². The van der Waals surface area contributed by atoms with Crippen molar-refractivity contribution >= 4 is 5.91 Å². The fourth-order valence-electron chi connectivity index (χ4n) is 14.2. The third-order valence-electron chi connectivity index (χ3n) is 20.9. The standard InChI is InChI=1S/C84H153NO18/c1-3-5-7-9-11-13-15-17-19-21-22-23-24-25-26-27-28-29-30-31-32-33-34-35-36-37-38-39-40-41-42-43-44-46-48-50-52-54-56-58-60-62-72(90)85-67(68(89)61-59-57-55-53-51-49-47-45-20-18-16-14-12-10-8-6-4-2)66-98-82-78(96)75(93)80(70(64-87)100-82)103-84-79(97)76(94)81(71(65-88)101-84)102-83-77(95)74(92)73(91)69(63-86)99-83/h5,7,11,13,17,19,22-23,25-26,67-71,73-84,86-89,91-97H,3-4,6,8-10,12,14-16,18,20-21,24,27-66H2,1-2H3,(H,85,90)/b7-5-,13-11-,19-17-,23-22-,26-25-. The third-order valence-corrected chi connectivity index (χ3v) is 20.9. The Morgan fingerprint density at radius 1 is 0.359 bits per heavy atom. The Kier molecular flexibility index (Phi) is 59.1. The molecule has 103 heavy (non-hydrogen) atoms. The van der Waals surface area contributed by atoms with E-state index in [-0.39, 0.29) is 18.9 Å². The molecule has 3 saturated heterocycles. The summed E-state index contributed by atoms with van der Waals surface area (Å²) < 4.78 is 34.5. The molecule has 0 bridgehead atoms. The molecule has 0 aliphatic carbocycles. The first-order valence-corrected chi connectivity index (χ1v) is 42.0. The molecule has 19 heteroatoms. The number of amides is 1. The first kappa shape index (κ1) is 94.7. The van der Waals surface area contributed by atoms with E-state index in [4.69, 9.17) is 28.4 Å². The molecule has 3 aliphatic rings. The van der Waals surface area contributed by atoms with Gasteiger partial charge >= 0.3 is 0 Å². The summed E-state index contributed by atoms with van der Waals surface area (Å²) in [5, 5.41) is 121. The van der Waals surface area contributed by atoms with Crippen LogP contribution >= 0.6 is 0 Å². The van der Waals surface area contributed by atoms with Crippen LogP contribution in [0.1, 0.15) is 335 Å². The quantitative estimate of drug-likeness (QED) is 0.0199. The summed E-state index contributed by atoms with van der Waals surface area (Å²) in [6, 6.07) is -0.887. The molecule has 3 heterocycles. The van der Waals surface area contributed by atoms with Gasteiger partial charge in [-0.1, -0.05) is 331 Å². The van der Waals surface area contributed by atoms with Gasteiger partial charge in [0.1, 0.15) is 73.2 Å². The second-order valence-electron chi connectivity index (χ2n) is 29.9. The van der Waals surface area contributed by atoms with Gasteiger partial charge in [-0.2, -0.15) is 0 Å². The van der Waals surface area contributed by atoms with Crippen LogP contribution in [-0.2, 0) is 33.2 Å². The molecule has 19 nitrogen and oxygen atoms in total. The average molecular weight is 1470 g/mol. The molecule has 0 aromatic rings. The first-order valence-electron chi connectivity index (χ1n) is 42.0. The van der Waals surface area contributed by atoms with Gasteiger partial charge in [-0.15, -0.1) is 0 Å². The number of aliphatic hydroxyl groups is 11. The Balaban J connectivity index is 1.28. The van der Waals surface area contributed by atoms with Gasteiger partial charge < -0.3 is 89.9 Å². The van der Waals surface area contributed by atoms with Gasteiger partial charge in [-0.3, -0.25) is 4.79 Å². The summed E-state index contributed by atoms with van der Waals surface area (Å²) in [6.45, 7) is 1.73. The lowest BCUT2D eigenvalue weighted by molar-refractivity contribution is -0.379. The van der Waals surface area contributed by atoms with Crippen LogP contribution in [-0.4, -0.2) is 193 Å². The number of hydrogen-bond acceptors (Lipinski definition) is 18. The third kappa shape index (κ3) is 44.1. The number of aliphatic hydroxyl groups excluding tert-OH is 11. The van der Waals surface area contributed by atoms with E-state index < -0.39 is 124 Å². The number of hydrogen-bond donors (Lipinski definition) is 12. The summed E-state index contributed by atoms with van der Waals surface area (Å²) in [6.07, 6.45) is 56.2. The van der Waals surface area contributed by atoms with Crippen LogP contribution in [0.25, 0.3) is 0 Å². The van der Waals surface area contributed by atoms with Crippen molar-refractivity contribution in [2.45, 2.75) is 439 Å². The normalized spacial score (nSPS) is 26.3. The fourth-order valence-corrected chi connectivity index (χ4v) is 14.2. The summed E-state index contributed by atoms with van der Waals surface area (Å²) >= 11 is 0. The summed E-state index contributed by atoms with van der Waals surface area (Å²) in [7, 11) is 0. The van der Waals surface area contributed by atoms with E-state index in [0.717, 1.165) is 77.0 Å². The van der Waals surface area contributed by atoms with E-state index in [1.165, 1.54) is 225 Å². The predicted octanol–water partition coefficient (Wildman–Crippen LogP) is 14.6. The van der Waals surface area contributed by atoms with Crippen LogP contribution in [0.15, 0.2) is 60.8 Å². The van der Waals surface area contributed by atoms with Crippen molar-refractivity contribution in [1.82, 2.24) is 5.32 Å². The highest BCUT2D eigenvalue weighted by molar-refractivity contribution is 5.76. The molecule has 1 amide bonds. The molecule has 3 aliphatic heterocycles. The van der Waals surface area contributed by atoms with Crippen LogP contribution in [0.4, 0.5) is 0 Å². The molecule has 3 rings (SSSR count). The molecule has 0 aromatic heterocycles. The fraction of sp³-hybridized carbons (Fsp3) is 0.869. The summed E-state index contributed by atoms with van der Waals surface area (Å²) in [5.74, 6) is -0.237. The molecule has 17 atom stereocenters. The van der Waals surface area contributed by atoms with E-state index in [1.807, 2.05) is 0 Å². The molecule has 0 saturated carbocycles. The SMILES string of the molecule is CC/C=C\C/C=C\C/C=C\C/C=C\C/C=C\CCCCCCCCCCCCCCCCCCCCCCCCCCCC(=O)NC(COC1OC(CO)C(OC2OC(CO)C(OC3OC(CO)C(O)C(O)C3O)C(O)C2O)C(O)C1O)C(O)CCCCCCCCCCCCCCCCCCC. The van der Waals surface area contributed by atoms with Crippen molar-refractivity contribution in [2.75, 3.05) is 26.4 Å². The molecule has 17 unspecified atom stereocenters. The van der Waals surface area contributed by atoms with Gasteiger partial charge in [0.05, 0.1) is 38.6 Å². The predicted molar refractivity (Wildman–Crippen MR) is 411 cm³/mol. The van der Waals surface area contributed by atoms with Crippen LogP contribution in [0, 0.1) is 0 Å². The highest BCUT2D eigenvalue weighted by atomic mass is 16.8. The molecular weight excluding hydrogens is 1310 g/mol. The number of rotatable bonds is 67. The van der Waals surface area contributed by atoms with Crippen LogP contribution in [0.3, 0.4) is 0 Å². The topological polar surface area (TPSA) is 307 Å².